The van der Waals surface area contributed by atoms with Gasteiger partial charge in [-0.25, -0.2) is 0 Å². The lowest BCUT2D eigenvalue weighted by atomic mass is 10.1. The number of carbonyl (C=O) groups excluding carboxylic acids is 1. The van der Waals surface area contributed by atoms with Gasteiger partial charge in [-0.15, -0.1) is 0 Å². The highest BCUT2D eigenvalue weighted by atomic mass is 32.2. The number of hydrogen-bond donors (Lipinski definition) is 0. The lowest BCUT2D eigenvalue weighted by Gasteiger charge is -2.06. The fourth-order valence-electron chi connectivity index (χ4n) is 2.84. The van der Waals surface area contributed by atoms with Gasteiger partial charge in [-0.1, -0.05) is 36.4 Å². The van der Waals surface area contributed by atoms with Gasteiger partial charge in [0.1, 0.15) is 11.5 Å². The van der Waals surface area contributed by atoms with Crippen molar-refractivity contribution < 1.29 is 4.79 Å². The SMILES string of the molecule is O=C(C[S+]1CCCCCC1)c1ccc2ccccc2c1. The van der Waals surface area contributed by atoms with Crippen LogP contribution >= 0.6 is 0 Å². The molecule has 0 aliphatic carbocycles. The molecule has 0 radical (unpaired) electrons. The van der Waals surface area contributed by atoms with E-state index in [0.29, 0.717) is 16.7 Å². The molecule has 2 heteroatoms. The highest BCUT2D eigenvalue weighted by Crippen LogP contribution is 2.19. The smallest absolute Gasteiger partial charge is 0.211 e. The van der Waals surface area contributed by atoms with Crippen LogP contribution in [0.1, 0.15) is 36.0 Å². The first-order chi connectivity index (χ1) is 9.83. The summed E-state index contributed by atoms with van der Waals surface area (Å²) in [6, 6.07) is 14.4. The van der Waals surface area contributed by atoms with Gasteiger partial charge in [-0.3, -0.25) is 4.79 Å². The highest BCUT2D eigenvalue weighted by Gasteiger charge is 2.24. The molecule has 0 aromatic heterocycles. The molecule has 0 unspecified atom stereocenters. The zero-order valence-electron chi connectivity index (χ0n) is 11.8. The van der Waals surface area contributed by atoms with Crippen molar-refractivity contribution in [3.05, 3.63) is 48.0 Å². The van der Waals surface area contributed by atoms with E-state index >= 15 is 0 Å². The normalized spacial score (nSPS) is 17.0. The summed E-state index contributed by atoms with van der Waals surface area (Å²) in [5, 5.41) is 2.38. The number of rotatable bonds is 3. The molecule has 0 bridgehead atoms. The van der Waals surface area contributed by atoms with Crippen LogP contribution in [-0.4, -0.2) is 23.0 Å². The van der Waals surface area contributed by atoms with E-state index in [0.717, 1.165) is 11.3 Å². The highest BCUT2D eigenvalue weighted by molar-refractivity contribution is 7.97. The van der Waals surface area contributed by atoms with Crippen LogP contribution in [0.3, 0.4) is 0 Å². The van der Waals surface area contributed by atoms with Crippen molar-refractivity contribution in [3.8, 4) is 0 Å². The maximum atomic E-state index is 12.5. The van der Waals surface area contributed by atoms with Crippen molar-refractivity contribution in [1.82, 2.24) is 0 Å². The van der Waals surface area contributed by atoms with Crippen molar-refractivity contribution in [2.24, 2.45) is 0 Å². The molecule has 2 aromatic rings. The monoisotopic (exact) mass is 285 g/mol. The van der Waals surface area contributed by atoms with E-state index in [1.165, 1.54) is 48.0 Å². The summed E-state index contributed by atoms with van der Waals surface area (Å²) >= 11 is 0. The molecule has 3 rings (SSSR count). The van der Waals surface area contributed by atoms with Crippen molar-refractivity contribution in [2.75, 3.05) is 17.3 Å². The van der Waals surface area contributed by atoms with Gasteiger partial charge >= 0.3 is 0 Å². The third-order valence-electron chi connectivity index (χ3n) is 4.02. The molecule has 0 spiro atoms. The van der Waals surface area contributed by atoms with Crippen molar-refractivity contribution in [3.63, 3.8) is 0 Å². The minimum absolute atomic E-state index is 0.324. The van der Waals surface area contributed by atoms with Crippen LogP contribution in [0.15, 0.2) is 42.5 Å². The first kappa shape index (κ1) is 13.7. The Hall–Kier alpha value is -1.28. The molecule has 1 nitrogen and oxygen atoms in total. The summed E-state index contributed by atoms with van der Waals surface area (Å²) in [5.41, 5.74) is 0.889. The Balaban J connectivity index is 1.74. The third kappa shape index (κ3) is 3.24. The second-order valence-corrected chi connectivity index (χ2v) is 7.89. The first-order valence-corrected chi connectivity index (χ1v) is 9.22. The Morgan fingerprint density at radius 3 is 2.35 bits per heavy atom. The molecule has 0 N–H and O–H groups in total. The Morgan fingerprint density at radius 1 is 0.900 bits per heavy atom. The summed E-state index contributed by atoms with van der Waals surface area (Å²) in [5.74, 6) is 3.62. The summed E-state index contributed by atoms with van der Waals surface area (Å²) in [6.45, 7) is 0. The molecule has 104 valence electrons. The summed E-state index contributed by atoms with van der Waals surface area (Å²) < 4.78 is 0. The minimum atomic E-state index is 0.324. The third-order valence-corrected chi connectivity index (χ3v) is 6.43. The van der Waals surface area contributed by atoms with Crippen LogP contribution < -0.4 is 0 Å². The average Bonchev–Trinajstić information content (AvgIpc) is 2.75. The van der Waals surface area contributed by atoms with Gasteiger partial charge in [-0.2, -0.15) is 0 Å². The topological polar surface area (TPSA) is 17.1 Å². The van der Waals surface area contributed by atoms with Gasteiger partial charge < -0.3 is 0 Å². The van der Waals surface area contributed by atoms with Crippen molar-refractivity contribution >= 4 is 27.5 Å². The van der Waals surface area contributed by atoms with Crippen LogP contribution in [-0.2, 0) is 10.9 Å². The Kier molecular flexibility index (Phi) is 4.41. The molecular weight excluding hydrogens is 264 g/mol. The van der Waals surface area contributed by atoms with Crippen LogP contribution in [0, 0.1) is 0 Å². The molecule has 1 aliphatic heterocycles. The minimum Gasteiger partial charge on any atom is -0.289 e. The van der Waals surface area contributed by atoms with E-state index in [1.54, 1.807) is 0 Å². The molecule has 0 atom stereocenters. The molecule has 0 saturated carbocycles. The molecule has 1 heterocycles. The van der Waals surface area contributed by atoms with Gasteiger partial charge in [0.15, 0.2) is 5.75 Å². The predicted octanol–water partition coefficient (Wildman–Crippen LogP) is 4.21. The van der Waals surface area contributed by atoms with E-state index in [1.807, 2.05) is 18.2 Å². The summed E-state index contributed by atoms with van der Waals surface area (Å²) in [7, 11) is 0.324. The van der Waals surface area contributed by atoms with E-state index in [9.17, 15) is 4.79 Å². The standard InChI is InChI=1S/C18H21OS/c19-18(14-20-11-5-1-2-6-12-20)17-10-9-15-7-3-4-8-16(15)13-17/h3-4,7-10,13H,1-2,5-6,11-12,14H2/q+1. The summed E-state index contributed by atoms with van der Waals surface area (Å²) in [4.78, 5) is 12.5. The fraction of sp³-hybridized carbons (Fsp3) is 0.389. The van der Waals surface area contributed by atoms with Crippen LogP contribution in [0.25, 0.3) is 10.8 Å². The van der Waals surface area contributed by atoms with Gasteiger partial charge in [0.2, 0.25) is 5.78 Å². The van der Waals surface area contributed by atoms with Crippen LogP contribution in [0.2, 0.25) is 0 Å². The number of carbonyl (C=O) groups is 1. The Morgan fingerprint density at radius 2 is 1.60 bits per heavy atom. The van der Waals surface area contributed by atoms with E-state index < -0.39 is 0 Å². The maximum absolute atomic E-state index is 12.5. The number of ketones is 1. The fourth-order valence-corrected chi connectivity index (χ4v) is 5.10. The second kappa shape index (κ2) is 6.45. The average molecular weight is 285 g/mol. The molecule has 20 heavy (non-hydrogen) atoms. The van der Waals surface area contributed by atoms with Gasteiger partial charge in [0.05, 0.1) is 0 Å². The van der Waals surface area contributed by atoms with Crippen LogP contribution in [0.4, 0.5) is 0 Å². The lowest BCUT2D eigenvalue weighted by Crippen LogP contribution is -2.21. The second-order valence-electron chi connectivity index (χ2n) is 5.56. The van der Waals surface area contributed by atoms with Crippen molar-refractivity contribution in [2.45, 2.75) is 25.7 Å². The van der Waals surface area contributed by atoms with Gasteiger partial charge in [-0.05, 0) is 53.4 Å². The largest absolute Gasteiger partial charge is 0.289 e. The van der Waals surface area contributed by atoms with Crippen molar-refractivity contribution in [1.29, 1.82) is 0 Å². The molecule has 2 aromatic carbocycles. The molecule has 1 saturated heterocycles. The predicted molar refractivity (Wildman–Crippen MR) is 88.7 cm³/mol. The molecule has 1 fully saturated rings. The van der Waals surface area contributed by atoms with E-state index in [4.69, 9.17) is 0 Å². The van der Waals surface area contributed by atoms with Crippen LogP contribution in [0.5, 0.6) is 0 Å². The number of Topliss-reactive ketones (excluding diaryl/α,β-unsaturated/α-hetero) is 1. The maximum Gasteiger partial charge on any atom is 0.211 e. The summed E-state index contributed by atoms with van der Waals surface area (Å²) in [6.07, 6.45) is 5.34. The lowest BCUT2D eigenvalue weighted by molar-refractivity contribution is 0.102. The van der Waals surface area contributed by atoms with E-state index in [-0.39, 0.29) is 0 Å². The Bertz CT molecular complexity index is 597. The first-order valence-electron chi connectivity index (χ1n) is 7.49. The van der Waals surface area contributed by atoms with Gasteiger partial charge in [0.25, 0.3) is 0 Å². The zero-order chi connectivity index (χ0) is 13.8. The van der Waals surface area contributed by atoms with Gasteiger partial charge in [0, 0.05) is 5.56 Å². The molecule has 0 amide bonds. The zero-order valence-corrected chi connectivity index (χ0v) is 12.6. The molecule has 1 aliphatic rings. The quantitative estimate of drug-likeness (QED) is 0.610. The van der Waals surface area contributed by atoms with E-state index in [2.05, 4.69) is 24.3 Å². The number of fused-ring (bicyclic) bond motifs is 1. The molecular formula is C18H21OS+. The number of hydrogen-bond acceptors (Lipinski definition) is 1. The number of benzene rings is 2. The Labute approximate surface area is 123 Å².